The first-order chi connectivity index (χ1) is 11.5. The molecule has 24 heavy (non-hydrogen) atoms. The molecule has 0 radical (unpaired) electrons. The molecule has 6 nitrogen and oxygen atoms in total. The Morgan fingerprint density at radius 3 is 2.79 bits per heavy atom. The maximum Gasteiger partial charge on any atom is 0.322 e. The van der Waals surface area contributed by atoms with Crippen molar-refractivity contribution >= 4 is 5.97 Å². The largest absolute Gasteiger partial charge is 0.480 e. The van der Waals surface area contributed by atoms with Crippen molar-refractivity contribution in [2.75, 3.05) is 26.7 Å². The lowest BCUT2D eigenvalue weighted by Crippen LogP contribution is -2.54. The Kier molecular flexibility index (Phi) is 4.69. The number of likely N-dealkylation sites (N-methyl/N-ethyl adjacent to an activating group) is 1. The van der Waals surface area contributed by atoms with E-state index in [1.165, 1.54) is 16.7 Å². The Morgan fingerprint density at radius 1 is 1.33 bits per heavy atom. The first kappa shape index (κ1) is 16.7. The number of hydrogen-bond donors (Lipinski definition) is 1. The number of aromatic nitrogens is 2. The maximum atomic E-state index is 11.4. The zero-order valence-electron chi connectivity index (χ0n) is 14.4. The van der Waals surface area contributed by atoms with Crippen molar-refractivity contribution in [2.24, 2.45) is 0 Å². The molecule has 0 bridgehead atoms. The minimum atomic E-state index is -0.755. The van der Waals surface area contributed by atoms with Crippen LogP contribution in [0.25, 0.3) is 5.69 Å². The number of carboxylic acids is 1. The Labute approximate surface area is 142 Å². The summed E-state index contributed by atoms with van der Waals surface area (Å²) in [6.07, 6.45) is 3.72. The highest BCUT2D eigenvalue weighted by Crippen LogP contribution is 2.23. The van der Waals surface area contributed by atoms with Gasteiger partial charge in [0.25, 0.3) is 0 Å². The molecule has 1 saturated heterocycles. The van der Waals surface area contributed by atoms with Gasteiger partial charge < -0.3 is 5.11 Å². The molecular formula is C18H24N4O2. The monoisotopic (exact) mass is 328 g/mol. The van der Waals surface area contributed by atoms with E-state index < -0.39 is 12.0 Å². The van der Waals surface area contributed by atoms with Gasteiger partial charge in [0.05, 0.1) is 5.69 Å². The minimum Gasteiger partial charge on any atom is -0.480 e. The van der Waals surface area contributed by atoms with Crippen molar-refractivity contribution < 1.29 is 9.90 Å². The number of rotatable bonds is 4. The molecule has 1 aliphatic heterocycles. The van der Waals surface area contributed by atoms with E-state index in [0.717, 1.165) is 25.3 Å². The normalized spacial score (nSPS) is 19.5. The van der Waals surface area contributed by atoms with Crippen molar-refractivity contribution in [1.82, 2.24) is 19.6 Å². The summed E-state index contributed by atoms with van der Waals surface area (Å²) in [6.45, 7) is 7.10. The predicted octanol–water partition coefficient (Wildman–Crippen LogP) is 1.69. The minimum absolute atomic E-state index is 0.447. The summed E-state index contributed by atoms with van der Waals surface area (Å²) in [7, 11) is 1.88. The molecule has 1 fully saturated rings. The number of nitrogens with zero attached hydrogens (tertiary/aromatic N) is 4. The maximum absolute atomic E-state index is 11.4. The predicted molar refractivity (Wildman–Crippen MR) is 92.4 cm³/mol. The molecule has 1 atom stereocenters. The Bertz CT molecular complexity index is 727. The second-order valence-electron chi connectivity index (χ2n) is 6.60. The summed E-state index contributed by atoms with van der Waals surface area (Å²) in [6, 6.07) is 5.78. The molecule has 1 aromatic carbocycles. The van der Waals surface area contributed by atoms with Gasteiger partial charge in [0.1, 0.15) is 6.04 Å². The van der Waals surface area contributed by atoms with Crippen LogP contribution in [0.5, 0.6) is 0 Å². The van der Waals surface area contributed by atoms with Crippen LogP contribution in [0.4, 0.5) is 0 Å². The molecular weight excluding hydrogens is 304 g/mol. The molecule has 1 aromatic heterocycles. The van der Waals surface area contributed by atoms with Crippen LogP contribution in [0.15, 0.2) is 30.6 Å². The quantitative estimate of drug-likeness (QED) is 0.925. The molecule has 1 aliphatic rings. The van der Waals surface area contributed by atoms with E-state index in [2.05, 4.69) is 36.0 Å². The van der Waals surface area contributed by atoms with Crippen LogP contribution in [-0.2, 0) is 11.3 Å². The Balaban J connectivity index is 1.89. The van der Waals surface area contributed by atoms with E-state index in [1.807, 2.05) is 28.9 Å². The van der Waals surface area contributed by atoms with Gasteiger partial charge in [-0.25, -0.2) is 4.68 Å². The summed E-state index contributed by atoms with van der Waals surface area (Å²) >= 11 is 0. The molecule has 1 N–H and O–H groups in total. The summed E-state index contributed by atoms with van der Waals surface area (Å²) < 4.78 is 1.89. The van der Waals surface area contributed by atoms with Crippen molar-refractivity contribution in [3.63, 3.8) is 0 Å². The summed E-state index contributed by atoms with van der Waals surface area (Å²) in [5.41, 5.74) is 4.69. The number of aryl methyl sites for hydroxylation is 2. The molecule has 3 rings (SSSR count). The third-order valence-electron chi connectivity index (χ3n) is 4.74. The van der Waals surface area contributed by atoms with Crippen LogP contribution >= 0.6 is 0 Å². The number of benzene rings is 1. The lowest BCUT2D eigenvalue weighted by atomic mass is 10.0. The highest BCUT2D eigenvalue weighted by Gasteiger charge is 2.30. The van der Waals surface area contributed by atoms with Gasteiger partial charge in [0.15, 0.2) is 0 Å². The molecule has 0 amide bonds. The second kappa shape index (κ2) is 6.75. The number of carboxylic acid groups (broad SMARTS) is 1. The van der Waals surface area contributed by atoms with Crippen LogP contribution in [0.3, 0.4) is 0 Å². The number of hydrogen-bond acceptors (Lipinski definition) is 4. The first-order valence-corrected chi connectivity index (χ1v) is 8.21. The average molecular weight is 328 g/mol. The molecule has 0 aliphatic carbocycles. The standard InChI is InChI=1S/C18H24N4O2/c1-13-9-14(2)15(16(10-13)22-6-4-5-19-22)11-21-8-7-20(3)17(12-21)18(23)24/h4-6,9-10,17H,7-8,11-12H2,1-3H3,(H,23,24)/t17-/m0/s1. The van der Waals surface area contributed by atoms with Gasteiger partial charge in [-0.1, -0.05) is 6.07 Å². The van der Waals surface area contributed by atoms with E-state index in [9.17, 15) is 9.90 Å². The third-order valence-corrected chi connectivity index (χ3v) is 4.74. The molecule has 128 valence electrons. The van der Waals surface area contributed by atoms with Gasteiger partial charge >= 0.3 is 5.97 Å². The highest BCUT2D eigenvalue weighted by molar-refractivity contribution is 5.73. The fourth-order valence-corrected chi connectivity index (χ4v) is 3.36. The smallest absolute Gasteiger partial charge is 0.322 e. The lowest BCUT2D eigenvalue weighted by Gasteiger charge is -2.37. The van der Waals surface area contributed by atoms with Crippen LogP contribution in [0.2, 0.25) is 0 Å². The van der Waals surface area contributed by atoms with Gasteiger partial charge in [0.2, 0.25) is 0 Å². The zero-order valence-corrected chi connectivity index (χ0v) is 14.4. The molecule has 2 heterocycles. The topological polar surface area (TPSA) is 61.6 Å². The van der Waals surface area contributed by atoms with Gasteiger partial charge in [-0.15, -0.1) is 0 Å². The summed E-state index contributed by atoms with van der Waals surface area (Å²) in [5.74, 6) is -0.755. The van der Waals surface area contributed by atoms with Crippen LogP contribution in [0, 0.1) is 13.8 Å². The molecule has 0 unspecified atom stereocenters. The van der Waals surface area contributed by atoms with Crippen molar-refractivity contribution in [3.8, 4) is 5.69 Å². The van der Waals surface area contributed by atoms with E-state index in [0.29, 0.717) is 6.54 Å². The van der Waals surface area contributed by atoms with E-state index in [-0.39, 0.29) is 0 Å². The molecule has 6 heteroatoms. The SMILES string of the molecule is Cc1cc(C)c(CN2CCN(C)[C@H](C(=O)O)C2)c(-n2cccn2)c1. The van der Waals surface area contributed by atoms with E-state index >= 15 is 0 Å². The second-order valence-corrected chi connectivity index (χ2v) is 6.60. The molecule has 0 spiro atoms. The Morgan fingerprint density at radius 2 is 2.12 bits per heavy atom. The summed E-state index contributed by atoms with van der Waals surface area (Å²) in [4.78, 5) is 15.6. The van der Waals surface area contributed by atoms with E-state index in [1.54, 1.807) is 6.20 Å². The molecule has 2 aromatic rings. The zero-order chi connectivity index (χ0) is 17.3. The Hall–Kier alpha value is -2.18. The highest BCUT2D eigenvalue weighted by atomic mass is 16.4. The number of aliphatic carboxylic acids is 1. The van der Waals surface area contributed by atoms with Crippen molar-refractivity contribution in [1.29, 1.82) is 0 Å². The van der Waals surface area contributed by atoms with Gasteiger partial charge in [-0.05, 0) is 49.7 Å². The molecule has 0 saturated carbocycles. The summed E-state index contributed by atoms with van der Waals surface area (Å²) in [5, 5.41) is 13.8. The third kappa shape index (κ3) is 3.34. The van der Waals surface area contributed by atoms with Crippen LogP contribution in [-0.4, -0.2) is 63.4 Å². The van der Waals surface area contributed by atoms with E-state index in [4.69, 9.17) is 0 Å². The fourth-order valence-electron chi connectivity index (χ4n) is 3.36. The van der Waals surface area contributed by atoms with Crippen molar-refractivity contribution in [3.05, 3.63) is 47.3 Å². The number of piperazine rings is 1. The number of carbonyl (C=O) groups is 1. The van der Waals surface area contributed by atoms with Gasteiger partial charge in [0, 0.05) is 38.6 Å². The van der Waals surface area contributed by atoms with Crippen molar-refractivity contribution in [2.45, 2.75) is 26.4 Å². The van der Waals surface area contributed by atoms with Crippen LogP contribution < -0.4 is 0 Å². The average Bonchev–Trinajstić information content (AvgIpc) is 3.05. The first-order valence-electron chi connectivity index (χ1n) is 8.21. The fraction of sp³-hybridized carbons (Fsp3) is 0.444. The van der Waals surface area contributed by atoms with Gasteiger partial charge in [-0.2, -0.15) is 5.10 Å². The lowest BCUT2D eigenvalue weighted by molar-refractivity contribution is -0.145. The van der Waals surface area contributed by atoms with Gasteiger partial charge in [-0.3, -0.25) is 14.6 Å². The van der Waals surface area contributed by atoms with Crippen LogP contribution in [0.1, 0.15) is 16.7 Å².